The summed E-state index contributed by atoms with van der Waals surface area (Å²) >= 11 is 0. The molecule has 0 radical (unpaired) electrons. The largest absolute Gasteiger partial charge is 0.397 e. The number of benzene rings is 1. The van der Waals surface area contributed by atoms with Gasteiger partial charge >= 0.3 is 0 Å². The molecule has 2 rings (SSSR count). The van der Waals surface area contributed by atoms with E-state index in [1.165, 1.54) is 23.8 Å². The maximum absolute atomic E-state index is 11.2. The van der Waals surface area contributed by atoms with Gasteiger partial charge in [-0.05, 0) is 80.6 Å². The second-order valence-corrected chi connectivity index (χ2v) is 10.5. The number of aryl methyl sites for hydroxylation is 1. The van der Waals surface area contributed by atoms with Crippen molar-refractivity contribution in [1.29, 1.82) is 0 Å². The molecule has 0 unspecified atom stereocenters. The molecule has 0 atom stereocenters. The topological polar surface area (TPSA) is 112 Å². The van der Waals surface area contributed by atoms with Crippen molar-refractivity contribution < 1.29 is 19.5 Å². The fourth-order valence-corrected chi connectivity index (χ4v) is 4.84. The van der Waals surface area contributed by atoms with Crippen LogP contribution in [-0.2, 0) is 20.8 Å². The normalized spacial score (nSPS) is 14.7. The second-order valence-electron chi connectivity index (χ2n) is 10.5. The first-order valence-electron chi connectivity index (χ1n) is 15.5. The molecule has 0 saturated carbocycles. The Morgan fingerprint density at radius 2 is 1.87 bits per heavy atom. The van der Waals surface area contributed by atoms with Crippen LogP contribution in [-0.4, -0.2) is 43.3 Å². The van der Waals surface area contributed by atoms with Crippen molar-refractivity contribution in [1.82, 2.24) is 10.6 Å². The molecule has 8 nitrogen and oxygen atoms in total. The molecule has 240 valence electrons. The van der Waals surface area contributed by atoms with Crippen LogP contribution in [0, 0.1) is 0 Å². The van der Waals surface area contributed by atoms with E-state index in [2.05, 4.69) is 77.9 Å². The molecule has 1 aliphatic carbocycles. The number of aliphatic hydroxyl groups is 1. The molecular weight excluding hydrogens is 564 g/mol. The van der Waals surface area contributed by atoms with E-state index < -0.39 is 0 Å². The van der Waals surface area contributed by atoms with E-state index in [1.807, 2.05) is 31.2 Å². The summed E-state index contributed by atoms with van der Waals surface area (Å²) in [6, 6.07) is 10.4. The number of amidine groups is 2. The number of aliphatic hydroxyl groups excluding tert-OH is 1. The third-order valence-electron chi connectivity index (χ3n) is 7.25. The first kappa shape index (κ1) is 36.6. The number of oxime groups is 1. The van der Waals surface area contributed by atoms with Gasteiger partial charge in [0.15, 0.2) is 5.84 Å². The molecule has 8 heteroatoms. The van der Waals surface area contributed by atoms with Gasteiger partial charge in [0, 0.05) is 11.3 Å². The van der Waals surface area contributed by atoms with Gasteiger partial charge in [-0.25, -0.2) is 4.99 Å². The lowest BCUT2D eigenvalue weighted by Crippen LogP contribution is -2.25. The fraction of sp³-hybridized carbons (Fsp3) is 0.351. The summed E-state index contributed by atoms with van der Waals surface area (Å²) in [7, 11) is 1.43. The Morgan fingerprint density at radius 3 is 2.53 bits per heavy atom. The SMILES string of the molecule is C=C(/C(=C\C/C=C\C)CC1=CC=C(C/C(CCc2ccccc2)=C(\CCCC)N=C(CO)NC=O)CC=C1)/C(=N/OC)NC=O. The quantitative estimate of drug-likeness (QED) is 0.0392. The number of amides is 2. The van der Waals surface area contributed by atoms with Crippen LogP contribution >= 0.6 is 0 Å². The molecule has 0 saturated heterocycles. The van der Waals surface area contributed by atoms with E-state index in [0.29, 0.717) is 24.8 Å². The summed E-state index contributed by atoms with van der Waals surface area (Å²) in [5.74, 6) is 0.525. The van der Waals surface area contributed by atoms with E-state index in [9.17, 15) is 14.7 Å². The van der Waals surface area contributed by atoms with Crippen molar-refractivity contribution in [3.8, 4) is 0 Å². The number of nitrogens with zero attached hydrogens (tertiary/aromatic N) is 2. The van der Waals surface area contributed by atoms with E-state index in [-0.39, 0.29) is 18.3 Å². The van der Waals surface area contributed by atoms with Gasteiger partial charge in [-0.15, -0.1) is 0 Å². The average Bonchev–Trinajstić information content (AvgIpc) is 3.28. The molecule has 0 heterocycles. The average molecular weight is 613 g/mol. The summed E-state index contributed by atoms with van der Waals surface area (Å²) in [5.41, 5.74) is 7.22. The molecular formula is C37H48N4O4. The third kappa shape index (κ3) is 13.7. The lowest BCUT2D eigenvalue weighted by Gasteiger charge is -2.16. The van der Waals surface area contributed by atoms with E-state index in [1.54, 1.807) is 0 Å². The number of nitrogens with one attached hydrogen (secondary N) is 2. The Bertz CT molecular complexity index is 1360. The molecule has 3 N–H and O–H groups in total. The molecule has 1 aromatic carbocycles. The van der Waals surface area contributed by atoms with Crippen LogP contribution in [0.4, 0.5) is 0 Å². The van der Waals surface area contributed by atoms with Crippen molar-refractivity contribution in [2.24, 2.45) is 10.1 Å². The number of hydrogen-bond acceptors (Lipinski definition) is 6. The first-order chi connectivity index (χ1) is 22.0. The number of allylic oxidation sites excluding steroid dienone is 11. The standard InChI is InChI=1S/C37H48N4O4/c1-5-7-10-18-33(29(3)37(39-28-44)41-45-4)24-31-16-13-17-32(21-20-31)25-34(23-22-30-14-11-9-12-15-30)35(19-8-6-2)40-36(26-42)38-27-43/h5,7,9,11-16,18,20-21,27-28,42H,3,6,8,10,17,19,22-26H2,1-2,4H3,(H,38,40,43)(H,39,41,44)/b7-5-,33-18-,35-34+. The number of hydrogen-bond donors (Lipinski definition) is 3. The van der Waals surface area contributed by atoms with E-state index >= 15 is 0 Å². The minimum absolute atomic E-state index is 0.253. The number of unbranched alkanes of at least 4 members (excludes halogenated alkanes) is 1. The van der Waals surface area contributed by atoms with Crippen molar-refractivity contribution in [2.45, 2.75) is 71.6 Å². The van der Waals surface area contributed by atoms with Crippen molar-refractivity contribution in [3.63, 3.8) is 0 Å². The highest BCUT2D eigenvalue weighted by Crippen LogP contribution is 2.29. The molecule has 0 fully saturated rings. The molecule has 0 spiro atoms. The fourth-order valence-electron chi connectivity index (χ4n) is 4.84. The molecule has 2 amide bonds. The van der Waals surface area contributed by atoms with Gasteiger partial charge in [0.2, 0.25) is 12.8 Å². The summed E-state index contributed by atoms with van der Waals surface area (Å²) in [6.07, 6.45) is 23.1. The van der Waals surface area contributed by atoms with Crippen LogP contribution in [0.25, 0.3) is 0 Å². The summed E-state index contributed by atoms with van der Waals surface area (Å²) in [6.45, 7) is 7.97. The Morgan fingerprint density at radius 1 is 1.09 bits per heavy atom. The minimum Gasteiger partial charge on any atom is -0.397 e. The van der Waals surface area contributed by atoms with Gasteiger partial charge in [-0.3, -0.25) is 9.59 Å². The summed E-state index contributed by atoms with van der Waals surface area (Å²) in [4.78, 5) is 32.0. The smallest absolute Gasteiger partial charge is 0.212 e. The Hall–Kier alpha value is -4.56. The molecule has 1 aliphatic rings. The monoisotopic (exact) mass is 612 g/mol. The number of rotatable bonds is 19. The molecule has 0 aliphatic heterocycles. The summed E-state index contributed by atoms with van der Waals surface area (Å²) < 4.78 is 0. The van der Waals surface area contributed by atoms with E-state index in [4.69, 9.17) is 9.83 Å². The van der Waals surface area contributed by atoms with Crippen LogP contribution in [0.1, 0.15) is 70.8 Å². The van der Waals surface area contributed by atoms with Crippen LogP contribution < -0.4 is 10.6 Å². The molecule has 0 aromatic heterocycles. The predicted molar refractivity (Wildman–Crippen MR) is 184 cm³/mol. The highest BCUT2D eigenvalue weighted by Gasteiger charge is 2.15. The Kier molecular flexibility index (Phi) is 17.9. The van der Waals surface area contributed by atoms with Crippen LogP contribution in [0.2, 0.25) is 0 Å². The minimum atomic E-state index is -0.341. The van der Waals surface area contributed by atoms with Gasteiger partial charge < -0.3 is 20.6 Å². The number of carbonyl (C=O) groups excluding carboxylic acids is 2. The zero-order valence-electron chi connectivity index (χ0n) is 26.9. The number of carbonyl (C=O) groups is 2. The summed E-state index contributed by atoms with van der Waals surface area (Å²) in [5, 5.41) is 18.9. The van der Waals surface area contributed by atoms with Crippen molar-refractivity contribution in [3.05, 3.63) is 119 Å². The number of aliphatic imine (C=N–C) groups is 1. The lowest BCUT2D eigenvalue weighted by atomic mass is 9.93. The maximum atomic E-state index is 11.2. The molecule has 0 bridgehead atoms. The van der Waals surface area contributed by atoms with Gasteiger partial charge in [-0.2, -0.15) is 0 Å². The highest BCUT2D eigenvalue weighted by molar-refractivity contribution is 6.05. The third-order valence-corrected chi connectivity index (χ3v) is 7.25. The Labute approximate surface area is 268 Å². The maximum Gasteiger partial charge on any atom is 0.212 e. The van der Waals surface area contributed by atoms with Crippen molar-refractivity contribution >= 4 is 24.5 Å². The van der Waals surface area contributed by atoms with Gasteiger partial charge in [0.1, 0.15) is 19.6 Å². The zero-order valence-corrected chi connectivity index (χ0v) is 26.9. The molecule has 45 heavy (non-hydrogen) atoms. The van der Waals surface area contributed by atoms with Gasteiger partial charge in [0.25, 0.3) is 0 Å². The molecule has 1 aromatic rings. The Balaban J connectivity index is 2.46. The second kappa shape index (κ2) is 22.0. The van der Waals surface area contributed by atoms with Crippen LogP contribution in [0.15, 0.2) is 123 Å². The zero-order chi connectivity index (χ0) is 32.7. The van der Waals surface area contributed by atoms with Gasteiger partial charge in [-0.1, -0.05) is 104 Å². The van der Waals surface area contributed by atoms with Crippen molar-refractivity contribution in [2.75, 3.05) is 13.7 Å². The first-order valence-corrected chi connectivity index (χ1v) is 15.5. The van der Waals surface area contributed by atoms with Crippen LogP contribution in [0.5, 0.6) is 0 Å². The van der Waals surface area contributed by atoms with Gasteiger partial charge in [0.05, 0.1) is 0 Å². The van der Waals surface area contributed by atoms with E-state index in [0.717, 1.165) is 68.2 Å². The lowest BCUT2D eigenvalue weighted by molar-refractivity contribution is -0.109. The van der Waals surface area contributed by atoms with Crippen LogP contribution in [0.3, 0.4) is 0 Å². The highest BCUT2D eigenvalue weighted by atomic mass is 16.6. The predicted octanol–water partition coefficient (Wildman–Crippen LogP) is 6.95.